The molecule has 0 unspecified atom stereocenters. The quantitative estimate of drug-likeness (QED) is 0.249. The Hall–Kier alpha value is -2.18. The topological polar surface area (TPSA) is 71.1 Å². The summed E-state index contributed by atoms with van der Waals surface area (Å²) in [6.45, 7) is 0.0542. The largest absolute Gasteiger partial charge is 0.465 e. The molecular weight excluding hydrogens is 276 g/mol. The minimum Gasteiger partial charge on any atom is -0.465 e. The number of carbonyl (C=O) groups excluding carboxylic acids is 2. The normalized spacial score (nSPS) is 11.3. The van der Waals surface area contributed by atoms with E-state index in [4.69, 9.17) is 14.2 Å². The van der Waals surface area contributed by atoms with Crippen LogP contribution in [0.25, 0.3) is 0 Å². The second-order valence-corrected chi connectivity index (χ2v) is 3.97. The van der Waals surface area contributed by atoms with Gasteiger partial charge in [0.1, 0.15) is 12.2 Å². The van der Waals surface area contributed by atoms with Gasteiger partial charge in [0, 0.05) is 14.2 Å². The van der Waals surface area contributed by atoms with Crippen LogP contribution < -0.4 is 0 Å². The summed E-state index contributed by atoms with van der Waals surface area (Å²) in [5.74, 6) is -1.61. The third kappa shape index (κ3) is 5.37. The highest BCUT2D eigenvalue weighted by Gasteiger charge is 2.22. The van der Waals surface area contributed by atoms with E-state index < -0.39 is 18.2 Å². The van der Waals surface area contributed by atoms with Gasteiger partial charge in [0.25, 0.3) is 0 Å². The summed E-state index contributed by atoms with van der Waals surface area (Å²) >= 11 is 0. The van der Waals surface area contributed by atoms with E-state index in [-0.39, 0.29) is 12.2 Å². The fraction of sp³-hybridized carbons (Fsp3) is 0.333. The maximum absolute atomic E-state index is 12.0. The maximum Gasteiger partial charge on any atom is 0.345 e. The predicted octanol–water partition coefficient (Wildman–Crippen LogP) is 1.45. The van der Waals surface area contributed by atoms with Crippen LogP contribution in [-0.2, 0) is 35.1 Å². The third-order valence-corrected chi connectivity index (χ3v) is 2.61. The zero-order valence-electron chi connectivity index (χ0n) is 12.2. The molecule has 6 nitrogen and oxygen atoms in total. The van der Waals surface area contributed by atoms with Crippen molar-refractivity contribution in [3.63, 3.8) is 0 Å². The summed E-state index contributed by atoms with van der Waals surface area (Å²) < 4.78 is 19.5. The van der Waals surface area contributed by atoms with Crippen LogP contribution in [0.4, 0.5) is 0 Å². The van der Waals surface area contributed by atoms with E-state index in [1.165, 1.54) is 27.4 Å². The zero-order valence-corrected chi connectivity index (χ0v) is 12.2. The van der Waals surface area contributed by atoms with Crippen molar-refractivity contribution < 1.29 is 28.5 Å². The number of hydrogen-bond acceptors (Lipinski definition) is 6. The molecule has 0 aliphatic heterocycles. The second kappa shape index (κ2) is 8.89. The van der Waals surface area contributed by atoms with Crippen LogP contribution in [0.2, 0.25) is 0 Å². The van der Waals surface area contributed by atoms with Crippen molar-refractivity contribution in [2.45, 2.75) is 12.9 Å². The van der Waals surface area contributed by atoms with Gasteiger partial charge in [0.2, 0.25) is 0 Å². The molecule has 0 fully saturated rings. The lowest BCUT2D eigenvalue weighted by Crippen LogP contribution is -2.21. The molecule has 0 heterocycles. The van der Waals surface area contributed by atoms with Gasteiger partial charge in [-0.05, 0) is 11.6 Å². The van der Waals surface area contributed by atoms with Gasteiger partial charge in [-0.1, -0.05) is 30.3 Å². The second-order valence-electron chi connectivity index (χ2n) is 3.97. The average molecular weight is 294 g/mol. The van der Waals surface area contributed by atoms with E-state index >= 15 is 0 Å². The molecule has 0 saturated carbocycles. The van der Waals surface area contributed by atoms with Crippen LogP contribution in [0.5, 0.6) is 0 Å². The van der Waals surface area contributed by atoms with Gasteiger partial charge >= 0.3 is 11.9 Å². The molecule has 0 spiro atoms. The van der Waals surface area contributed by atoms with Crippen LogP contribution >= 0.6 is 0 Å². The van der Waals surface area contributed by atoms with Gasteiger partial charge in [-0.3, -0.25) is 0 Å². The molecule has 114 valence electrons. The number of esters is 2. The van der Waals surface area contributed by atoms with Crippen molar-refractivity contribution in [3.8, 4) is 0 Å². The van der Waals surface area contributed by atoms with Crippen molar-refractivity contribution >= 4 is 11.9 Å². The molecule has 21 heavy (non-hydrogen) atoms. The zero-order chi connectivity index (χ0) is 15.7. The van der Waals surface area contributed by atoms with Crippen molar-refractivity contribution in [2.24, 2.45) is 0 Å². The summed E-state index contributed by atoms with van der Waals surface area (Å²) in [7, 11) is 3.94. The van der Waals surface area contributed by atoms with E-state index in [0.717, 1.165) is 5.56 Å². The lowest BCUT2D eigenvalue weighted by atomic mass is 10.2. The van der Waals surface area contributed by atoms with Crippen LogP contribution in [0, 0.1) is 0 Å². The summed E-state index contributed by atoms with van der Waals surface area (Å²) in [6.07, 6.45) is 0.363. The van der Waals surface area contributed by atoms with Crippen LogP contribution in [0.15, 0.2) is 42.0 Å². The standard InChI is InChI=1S/C15H18O6/c1-18-13(19-2)9-12(14(16)20-3)15(17)21-10-11-7-5-4-6-8-11/h4-9,13H,10H2,1-3H3/b12-9+. The van der Waals surface area contributed by atoms with Gasteiger partial charge in [-0.25, -0.2) is 9.59 Å². The van der Waals surface area contributed by atoms with Crippen LogP contribution in [0.1, 0.15) is 5.56 Å². The van der Waals surface area contributed by atoms with Crippen molar-refractivity contribution in [1.82, 2.24) is 0 Å². The molecule has 0 aromatic heterocycles. The first-order valence-electron chi connectivity index (χ1n) is 6.19. The predicted molar refractivity (Wildman–Crippen MR) is 74.1 cm³/mol. The summed E-state index contributed by atoms with van der Waals surface area (Å²) in [5, 5.41) is 0. The van der Waals surface area contributed by atoms with Gasteiger partial charge in [-0.2, -0.15) is 0 Å². The SMILES string of the molecule is COC(=O)/C(=C\C(OC)OC)C(=O)OCc1ccccc1. The van der Waals surface area contributed by atoms with E-state index in [1.54, 1.807) is 0 Å². The first-order chi connectivity index (χ1) is 10.1. The Kier molecular flexibility index (Phi) is 7.14. The van der Waals surface area contributed by atoms with Crippen molar-refractivity contribution in [3.05, 3.63) is 47.5 Å². The highest BCUT2D eigenvalue weighted by atomic mass is 16.7. The minimum absolute atomic E-state index is 0.0542. The molecule has 1 aromatic rings. The Morgan fingerprint density at radius 1 is 1.05 bits per heavy atom. The molecule has 0 aliphatic carbocycles. The van der Waals surface area contributed by atoms with Gasteiger partial charge in [-0.15, -0.1) is 0 Å². The Morgan fingerprint density at radius 2 is 1.67 bits per heavy atom. The van der Waals surface area contributed by atoms with Crippen LogP contribution in [0.3, 0.4) is 0 Å². The molecule has 0 radical (unpaired) electrons. The average Bonchev–Trinajstić information content (AvgIpc) is 2.54. The van der Waals surface area contributed by atoms with Gasteiger partial charge < -0.3 is 18.9 Å². The third-order valence-electron chi connectivity index (χ3n) is 2.61. The molecule has 0 saturated heterocycles. The minimum atomic E-state index is -0.844. The Labute approximate surface area is 123 Å². The lowest BCUT2D eigenvalue weighted by Gasteiger charge is -2.11. The molecular formula is C15H18O6. The molecule has 0 aliphatic rings. The number of ether oxygens (including phenoxy) is 4. The monoisotopic (exact) mass is 294 g/mol. The number of rotatable bonds is 7. The summed E-state index contributed by atoms with van der Waals surface area (Å²) in [5.41, 5.74) is 0.534. The Bertz CT molecular complexity index is 490. The molecule has 0 N–H and O–H groups in total. The number of methoxy groups -OCH3 is 3. The number of carbonyl (C=O) groups is 2. The van der Waals surface area contributed by atoms with Gasteiger partial charge in [0.15, 0.2) is 6.29 Å². The molecule has 6 heteroatoms. The maximum atomic E-state index is 12.0. The Balaban J connectivity index is 2.78. The van der Waals surface area contributed by atoms with E-state index in [9.17, 15) is 9.59 Å². The van der Waals surface area contributed by atoms with E-state index in [1.807, 2.05) is 30.3 Å². The highest BCUT2D eigenvalue weighted by Crippen LogP contribution is 2.08. The lowest BCUT2D eigenvalue weighted by molar-refractivity contribution is -0.147. The molecule has 0 bridgehead atoms. The Morgan fingerprint density at radius 3 is 2.19 bits per heavy atom. The van der Waals surface area contributed by atoms with Crippen LogP contribution in [-0.4, -0.2) is 39.6 Å². The van der Waals surface area contributed by atoms with Gasteiger partial charge in [0.05, 0.1) is 7.11 Å². The summed E-state index contributed by atoms with van der Waals surface area (Å²) in [4.78, 5) is 23.6. The molecule has 0 atom stereocenters. The van der Waals surface area contributed by atoms with Crippen molar-refractivity contribution in [2.75, 3.05) is 21.3 Å². The smallest absolute Gasteiger partial charge is 0.345 e. The fourth-order valence-electron chi connectivity index (χ4n) is 1.50. The molecule has 1 rings (SSSR count). The van der Waals surface area contributed by atoms with Crippen molar-refractivity contribution in [1.29, 1.82) is 0 Å². The first-order valence-corrected chi connectivity index (χ1v) is 6.19. The van der Waals surface area contributed by atoms with E-state index in [2.05, 4.69) is 4.74 Å². The number of benzene rings is 1. The first kappa shape index (κ1) is 16.9. The molecule has 0 amide bonds. The number of hydrogen-bond donors (Lipinski definition) is 0. The summed E-state index contributed by atoms with van der Waals surface area (Å²) in [6, 6.07) is 9.12. The molecule has 1 aromatic carbocycles. The fourth-order valence-corrected chi connectivity index (χ4v) is 1.50. The van der Waals surface area contributed by atoms with E-state index in [0.29, 0.717) is 0 Å². The highest BCUT2D eigenvalue weighted by molar-refractivity contribution is 6.14.